The predicted molar refractivity (Wildman–Crippen MR) is 73.8 cm³/mol. The monoisotopic (exact) mass is 275 g/mol. The van der Waals surface area contributed by atoms with Gasteiger partial charge in [-0.1, -0.05) is 6.07 Å². The average Bonchev–Trinajstić information content (AvgIpc) is 2.46. The summed E-state index contributed by atoms with van der Waals surface area (Å²) < 4.78 is 5.57. The van der Waals surface area contributed by atoms with Gasteiger partial charge >= 0.3 is 5.97 Å². The molecule has 0 fully saturated rings. The molecule has 2 rings (SSSR count). The summed E-state index contributed by atoms with van der Waals surface area (Å²) in [5.74, 6) is -0.338. The van der Waals surface area contributed by atoms with Gasteiger partial charge < -0.3 is 9.84 Å². The molecule has 1 N–H and O–H groups in total. The minimum Gasteiger partial charge on any atom is -0.489 e. The van der Waals surface area contributed by atoms with Crippen molar-refractivity contribution in [3.8, 4) is 5.75 Å². The Hall–Kier alpha value is -2.01. The fourth-order valence-electron chi connectivity index (χ4n) is 1.58. The number of aromatic nitrogens is 1. The van der Waals surface area contributed by atoms with Crippen LogP contribution in [0.25, 0.3) is 0 Å². The Labute approximate surface area is 115 Å². The molecule has 1 heterocycles. The fraction of sp³-hybridized carbons (Fsp3) is 0.143. The lowest BCUT2D eigenvalue weighted by atomic mass is 10.2. The number of carbonyl (C=O) groups is 1. The van der Waals surface area contributed by atoms with Crippen LogP contribution in [-0.2, 0) is 6.61 Å². The second-order valence-electron chi connectivity index (χ2n) is 3.78. The number of carboxylic acid groups (broad SMARTS) is 1. The van der Waals surface area contributed by atoms with Gasteiger partial charge in [0.1, 0.15) is 12.4 Å². The van der Waals surface area contributed by atoms with Gasteiger partial charge in [-0.25, -0.2) is 9.78 Å². The number of benzene rings is 1. The van der Waals surface area contributed by atoms with E-state index in [9.17, 15) is 4.79 Å². The Kier molecular flexibility index (Phi) is 4.41. The van der Waals surface area contributed by atoms with E-state index in [0.29, 0.717) is 11.3 Å². The number of hydrogen-bond donors (Lipinski definition) is 1. The van der Waals surface area contributed by atoms with E-state index in [1.807, 2.05) is 30.5 Å². The van der Waals surface area contributed by atoms with Gasteiger partial charge in [0.2, 0.25) is 0 Å². The first kappa shape index (κ1) is 13.4. The van der Waals surface area contributed by atoms with Crippen molar-refractivity contribution >= 4 is 17.7 Å². The normalized spacial score (nSPS) is 10.2. The van der Waals surface area contributed by atoms with E-state index >= 15 is 0 Å². The van der Waals surface area contributed by atoms with Gasteiger partial charge in [0, 0.05) is 16.7 Å². The lowest BCUT2D eigenvalue weighted by Crippen LogP contribution is -2.07. The SMILES string of the molecule is CSc1ccc(OCc2cccnc2C(=O)O)cc1. The van der Waals surface area contributed by atoms with Crippen molar-refractivity contribution in [2.45, 2.75) is 11.5 Å². The number of pyridine rings is 1. The zero-order chi connectivity index (χ0) is 13.7. The average molecular weight is 275 g/mol. The highest BCUT2D eigenvalue weighted by Gasteiger charge is 2.11. The number of ether oxygens (including phenoxy) is 1. The van der Waals surface area contributed by atoms with Gasteiger partial charge in [0.25, 0.3) is 0 Å². The van der Waals surface area contributed by atoms with Crippen molar-refractivity contribution in [1.29, 1.82) is 0 Å². The van der Waals surface area contributed by atoms with Gasteiger partial charge in [0.15, 0.2) is 5.69 Å². The summed E-state index contributed by atoms with van der Waals surface area (Å²) in [7, 11) is 0. The van der Waals surface area contributed by atoms with Crippen molar-refractivity contribution in [2.75, 3.05) is 6.26 Å². The number of thioether (sulfide) groups is 1. The molecule has 2 aromatic rings. The Morgan fingerprint density at radius 2 is 2.05 bits per heavy atom. The molecule has 0 saturated carbocycles. The molecule has 98 valence electrons. The van der Waals surface area contributed by atoms with Crippen LogP contribution in [-0.4, -0.2) is 22.3 Å². The molecule has 1 aromatic heterocycles. The topological polar surface area (TPSA) is 59.4 Å². The summed E-state index contributed by atoms with van der Waals surface area (Å²) in [4.78, 5) is 16.0. The van der Waals surface area contributed by atoms with Crippen LogP contribution in [0.3, 0.4) is 0 Å². The third-order valence-electron chi connectivity index (χ3n) is 2.55. The van der Waals surface area contributed by atoms with Crippen LogP contribution < -0.4 is 4.74 Å². The number of carboxylic acids is 1. The van der Waals surface area contributed by atoms with Gasteiger partial charge in [0.05, 0.1) is 0 Å². The molecule has 0 spiro atoms. The Balaban J connectivity index is 2.07. The Bertz CT molecular complexity index is 569. The standard InChI is InChI=1S/C14H13NO3S/c1-19-12-6-4-11(5-7-12)18-9-10-3-2-8-15-13(10)14(16)17/h2-8H,9H2,1H3,(H,16,17). The zero-order valence-corrected chi connectivity index (χ0v) is 11.2. The maximum absolute atomic E-state index is 11.0. The third kappa shape index (κ3) is 3.48. The summed E-state index contributed by atoms with van der Waals surface area (Å²) in [5.41, 5.74) is 0.590. The van der Waals surface area contributed by atoms with Crippen LogP contribution >= 0.6 is 11.8 Å². The number of nitrogens with zero attached hydrogens (tertiary/aromatic N) is 1. The maximum Gasteiger partial charge on any atom is 0.354 e. The minimum absolute atomic E-state index is 0.0308. The molecule has 0 radical (unpaired) electrons. The summed E-state index contributed by atoms with van der Waals surface area (Å²) in [6.45, 7) is 0.189. The minimum atomic E-state index is -1.04. The van der Waals surface area contributed by atoms with Crippen LogP contribution in [0.4, 0.5) is 0 Å². The smallest absolute Gasteiger partial charge is 0.354 e. The van der Waals surface area contributed by atoms with Crippen molar-refractivity contribution in [2.24, 2.45) is 0 Å². The van der Waals surface area contributed by atoms with Crippen molar-refractivity contribution in [1.82, 2.24) is 4.98 Å². The van der Waals surface area contributed by atoms with Crippen molar-refractivity contribution in [3.05, 3.63) is 53.9 Å². The molecule has 0 aliphatic rings. The van der Waals surface area contributed by atoms with E-state index in [0.717, 1.165) is 4.90 Å². The molecule has 0 bridgehead atoms. The highest BCUT2D eigenvalue weighted by molar-refractivity contribution is 7.98. The molecule has 0 amide bonds. The van der Waals surface area contributed by atoms with Crippen LogP contribution in [0.1, 0.15) is 16.1 Å². The van der Waals surface area contributed by atoms with Gasteiger partial charge in [-0.2, -0.15) is 0 Å². The first-order valence-corrected chi connectivity index (χ1v) is 6.87. The molecule has 0 aliphatic carbocycles. The molecule has 0 aliphatic heterocycles. The number of hydrogen-bond acceptors (Lipinski definition) is 4. The van der Waals surface area contributed by atoms with Gasteiger partial charge in [-0.3, -0.25) is 0 Å². The van der Waals surface area contributed by atoms with Gasteiger partial charge in [-0.05, 0) is 36.6 Å². The summed E-state index contributed by atoms with van der Waals surface area (Å²) in [5, 5.41) is 9.01. The Morgan fingerprint density at radius 1 is 1.32 bits per heavy atom. The third-order valence-corrected chi connectivity index (χ3v) is 3.29. The second-order valence-corrected chi connectivity index (χ2v) is 4.66. The van der Waals surface area contributed by atoms with E-state index in [1.165, 1.54) is 6.20 Å². The first-order valence-electron chi connectivity index (χ1n) is 5.64. The molecular weight excluding hydrogens is 262 g/mol. The van der Waals surface area contributed by atoms with Crippen LogP contribution in [0, 0.1) is 0 Å². The molecule has 1 aromatic carbocycles. The first-order chi connectivity index (χ1) is 9.20. The largest absolute Gasteiger partial charge is 0.489 e. The molecule has 19 heavy (non-hydrogen) atoms. The molecular formula is C14H13NO3S. The van der Waals surface area contributed by atoms with Crippen molar-refractivity contribution < 1.29 is 14.6 Å². The molecule has 0 unspecified atom stereocenters. The molecule has 0 saturated heterocycles. The van der Waals surface area contributed by atoms with Crippen LogP contribution in [0.15, 0.2) is 47.5 Å². The van der Waals surface area contributed by atoms with E-state index in [-0.39, 0.29) is 12.3 Å². The Morgan fingerprint density at radius 3 is 2.68 bits per heavy atom. The van der Waals surface area contributed by atoms with Crippen molar-refractivity contribution in [3.63, 3.8) is 0 Å². The maximum atomic E-state index is 11.0. The zero-order valence-electron chi connectivity index (χ0n) is 10.4. The highest BCUT2D eigenvalue weighted by atomic mass is 32.2. The molecule has 0 atom stereocenters. The predicted octanol–water partition coefficient (Wildman–Crippen LogP) is 3.08. The number of rotatable bonds is 5. The summed E-state index contributed by atoms with van der Waals surface area (Å²) in [6, 6.07) is 11.0. The summed E-state index contributed by atoms with van der Waals surface area (Å²) in [6.07, 6.45) is 3.46. The van der Waals surface area contributed by atoms with Crippen LogP contribution in [0.5, 0.6) is 5.75 Å². The molecule has 5 heteroatoms. The lowest BCUT2D eigenvalue weighted by molar-refractivity contribution is 0.0687. The van der Waals surface area contributed by atoms with E-state index < -0.39 is 5.97 Å². The van der Waals surface area contributed by atoms with E-state index in [4.69, 9.17) is 9.84 Å². The van der Waals surface area contributed by atoms with E-state index in [2.05, 4.69) is 4.98 Å². The van der Waals surface area contributed by atoms with E-state index in [1.54, 1.807) is 23.9 Å². The lowest BCUT2D eigenvalue weighted by Gasteiger charge is -2.08. The number of aromatic carboxylic acids is 1. The highest BCUT2D eigenvalue weighted by Crippen LogP contribution is 2.20. The fourth-order valence-corrected chi connectivity index (χ4v) is 1.99. The quantitative estimate of drug-likeness (QED) is 0.850. The van der Waals surface area contributed by atoms with Crippen LogP contribution in [0.2, 0.25) is 0 Å². The van der Waals surface area contributed by atoms with Gasteiger partial charge in [-0.15, -0.1) is 11.8 Å². The summed E-state index contributed by atoms with van der Waals surface area (Å²) >= 11 is 1.66. The molecule has 4 nitrogen and oxygen atoms in total. The second kappa shape index (κ2) is 6.24.